The minimum Gasteiger partial charge on any atom is -0.263 e. The van der Waals surface area contributed by atoms with Crippen molar-refractivity contribution in [3.63, 3.8) is 0 Å². The Labute approximate surface area is 72.9 Å². The van der Waals surface area contributed by atoms with E-state index in [9.17, 15) is 8.42 Å². The van der Waals surface area contributed by atoms with Crippen LogP contribution in [0.1, 0.15) is 20.3 Å². The molecule has 0 unspecified atom stereocenters. The van der Waals surface area contributed by atoms with Crippen molar-refractivity contribution in [2.75, 3.05) is 0 Å². The minimum absolute atomic E-state index is 0.216. The molecule has 0 rings (SSSR count). The molecule has 1 atom stereocenters. The fourth-order valence-electron chi connectivity index (χ4n) is 0.710. The average molecular weight is 192 g/mol. The summed E-state index contributed by atoms with van der Waals surface area (Å²) in [5.74, 6) is 2.34. The normalized spacial score (nSPS) is 14.2. The number of rotatable bonds is 4. The van der Waals surface area contributed by atoms with E-state index in [-0.39, 0.29) is 5.92 Å². The standard InChI is InChI=1S/C7H12O4S/c1-4-7(5-6(2)3)11-12(8,9)10/h1,6-7H,5H2,2-3H3,(H,8,9,10)/t7-/m1/s1. The van der Waals surface area contributed by atoms with Gasteiger partial charge in [-0.3, -0.25) is 4.55 Å². The summed E-state index contributed by atoms with van der Waals surface area (Å²) in [5.41, 5.74) is 0. The number of hydrogen-bond donors (Lipinski definition) is 1. The first-order valence-electron chi connectivity index (χ1n) is 3.47. The summed E-state index contributed by atoms with van der Waals surface area (Å²) in [6.07, 6.45) is 4.50. The zero-order valence-electron chi connectivity index (χ0n) is 7.02. The molecule has 0 aliphatic rings. The van der Waals surface area contributed by atoms with E-state index in [4.69, 9.17) is 11.0 Å². The molecular weight excluding hydrogens is 180 g/mol. The zero-order chi connectivity index (χ0) is 9.78. The van der Waals surface area contributed by atoms with E-state index in [2.05, 4.69) is 10.1 Å². The third kappa shape index (κ3) is 6.16. The lowest BCUT2D eigenvalue weighted by Crippen LogP contribution is -2.17. The highest BCUT2D eigenvalue weighted by molar-refractivity contribution is 7.80. The van der Waals surface area contributed by atoms with Crippen molar-refractivity contribution < 1.29 is 17.2 Å². The van der Waals surface area contributed by atoms with Crippen molar-refractivity contribution in [2.45, 2.75) is 26.4 Å². The molecule has 0 aromatic rings. The van der Waals surface area contributed by atoms with Crippen molar-refractivity contribution in [1.29, 1.82) is 0 Å². The molecule has 4 nitrogen and oxygen atoms in total. The van der Waals surface area contributed by atoms with Crippen LogP contribution in [0.3, 0.4) is 0 Å². The summed E-state index contributed by atoms with van der Waals surface area (Å²) in [4.78, 5) is 0. The topological polar surface area (TPSA) is 63.6 Å². The lowest BCUT2D eigenvalue weighted by atomic mass is 10.1. The second-order valence-corrected chi connectivity index (χ2v) is 3.86. The highest BCUT2D eigenvalue weighted by Crippen LogP contribution is 2.09. The van der Waals surface area contributed by atoms with Crippen LogP contribution in [0.5, 0.6) is 0 Å². The lowest BCUT2D eigenvalue weighted by molar-refractivity contribution is 0.204. The quantitative estimate of drug-likeness (QED) is 0.530. The summed E-state index contributed by atoms with van der Waals surface area (Å²) >= 11 is 0. The van der Waals surface area contributed by atoms with Crippen LogP contribution in [-0.2, 0) is 14.6 Å². The molecule has 70 valence electrons. The Morgan fingerprint density at radius 1 is 1.58 bits per heavy atom. The highest BCUT2D eigenvalue weighted by atomic mass is 32.3. The van der Waals surface area contributed by atoms with Gasteiger partial charge in [0.1, 0.15) is 6.10 Å². The van der Waals surface area contributed by atoms with Gasteiger partial charge >= 0.3 is 10.4 Å². The Morgan fingerprint density at radius 2 is 2.08 bits per heavy atom. The van der Waals surface area contributed by atoms with E-state index in [1.165, 1.54) is 0 Å². The monoisotopic (exact) mass is 192 g/mol. The van der Waals surface area contributed by atoms with Gasteiger partial charge in [-0.1, -0.05) is 19.8 Å². The summed E-state index contributed by atoms with van der Waals surface area (Å²) in [6, 6.07) is 0. The maximum Gasteiger partial charge on any atom is 0.398 e. The van der Waals surface area contributed by atoms with Gasteiger partial charge in [0.15, 0.2) is 0 Å². The van der Waals surface area contributed by atoms with Gasteiger partial charge in [-0.15, -0.1) is 6.42 Å². The van der Waals surface area contributed by atoms with Crippen LogP contribution in [0.4, 0.5) is 0 Å². The van der Waals surface area contributed by atoms with E-state index in [1.54, 1.807) is 0 Å². The molecule has 5 heteroatoms. The molecule has 0 aromatic carbocycles. The maximum atomic E-state index is 10.2. The van der Waals surface area contributed by atoms with Crippen LogP contribution in [-0.4, -0.2) is 19.1 Å². The zero-order valence-corrected chi connectivity index (χ0v) is 7.84. The van der Waals surface area contributed by atoms with E-state index in [0.717, 1.165) is 0 Å². The Balaban J connectivity index is 4.13. The van der Waals surface area contributed by atoms with E-state index < -0.39 is 16.5 Å². The third-order valence-corrected chi connectivity index (χ3v) is 1.58. The lowest BCUT2D eigenvalue weighted by Gasteiger charge is -2.10. The van der Waals surface area contributed by atoms with Crippen LogP contribution >= 0.6 is 0 Å². The van der Waals surface area contributed by atoms with Gasteiger partial charge in [-0.25, -0.2) is 4.18 Å². The second kappa shape index (κ2) is 4.45. The van der Waals surface area contributed by atoms with Crippen LogP contribution < -0.4 is 0 Å². The van der Waals surface area contributed by atoms with E-state index in [0.29, 0.717) is 6.42 Å². The molecule has 12 heavy (non-hydrogen) atoms. The molecule has 0 aliphatic carbocycles. The molecule has 0 aliphatic heterocycles. The first-order chi connectivity index (χ1) is 5.35. The Bertz CT molecular complexity index is 260. The largest absolute Gasteiger partial charge is 0.398 e. The van der Waals surface area contributed by atoms with Crippen molar-refractivity contribution in [3.8, 4) is 12.3 Å². The van der Waals surface area contributed by atoms with Gasteiger partial charge in [0.05, 0.1) is 0 Å². The Kier molecular flexibility index (Phi) is 4.24. The second-order valence-electron chi connectivity index (χ2n) is 2.81. The number of hydrogen-bond acceptors (Lipinski definition) is 3. The van der Waals surface area contributed by atoms with Gasteiger partial charge in [0.25, 0.3) is 0 Å². The highest BCUT2D eigenvalue weighted by Gasteiger charge is 2.15. The molecule has 0 bridgehead atoms. The van der Waals surface area contributed by atoms with Gasteiger partial charge in [0, 0.05) is 0 Å². The molecule has 0 saturated carbocycles. The van der Waals surface area contributed by atoms with Crippen molar-refractivity contribution in [2.24, 2.45) is 5.92 Å². The van der Waals surface area contributed by atoms with Crippen LogP contribution in [0.15, 0.2) is 0 Å². The first-order valence-corrected chi connectivity index (χ1v) is 4.83. The van der Waals surface area contributed by atoms with Crippen LogP contribution in [0, 0.1) is 18.3 Å². The Hall–Kier alpha value is -0.570. The SMILES string of the molecule is C#C[C@H](CC(C)C)OS(=O)(=O)O. The average Bonchev–Trinajstić information content (AvgIpc) is 1.82. The van der Waals surface area contributed by atoms with Gasteiger partial charge in [-0.2, -0.15) is 8.42 Å². The Morgan fingerprint density at radius 3 is 2.33 bits per heavy atom. The fraction of sp³-hybridized carbons (Fsp3) is 0.714. The maximum absolute atomic E-state index is 10.2. The molecule has 0 amide bonds. The fourth-order valence-corrected chi connectivity index (χ4v) is 1.14. The molecule has 0 radical (unpaired) electrons. The molecule has 1 N–H and O–H groups in total. The summed E-state index contributed by atoms with van der Waals surface area (Å²) < 4.78 is 32.9. The molecule has 0 fully saturated rings. The van der Waals surface area contributed by atoms with Gasteiger partial charge in [0.2, 0.25) is 0 Å². The molecule has 0 spiro atoms. The molecular formula is C7H12O4S. The molecule has 0 saturated heterocycles. The molecule has 0 heterocycles. The van der Waals surface area contributed by atoms with Crippen LogP contribution in [0.2, 0.25) is 0 Å². The van der Waals surface area contributed by atoms with E-state index >= 15 is 0 Å². The van der Waals surface area contributed by atoms with Gasteiger partial charge < -0.3 is 0 Å². The molecule has 0 aromatic heterocycles. The summed E-state index contributed by atoms with van der Waals surface area (Å²) in [6.45, 7) is 3.75. The van der Waals surface area contributed by atoms with Crippen molar-refractivity contribution in [1.82, 2.24) is 0 Å². The first kappa shape index (κ1) is 11.4. The summed E-state index contributed by atoms with van der Waals surface area (Å²) in [7, 11) is -4.42. The van der Waals surface area contributed by atoms with Crippen LogP contribution in [0.25, 0.3) is 0 Å². The van der Waals surface area contributed by atoms with Gasteiger partial charge in [-0.05, 0) is 12.3 Å². The smallest absolute Gasteiger partial charge is 0.263 e. The third-order valence-electron chi connectivity index (χ3n) is 1.11. The van der Waals surface area contributed by atoms with Crippen molar-refractivity contribution in [3.05, 3.63) is 0 Å². The minimum atomic E-state index is -4.42. The van der Waals surface area contributed by atoms with E-state index in [1.807, 2.05) is 13.8 Å². The predicted molar refractivity (Wildman–Crippen MR) is 44.7 cm³/mol. The van der Waals surface area contributed by atoms with Crippen molar-refractivity contribution >= 4 is 10.4 Å². The number of terminal acetylenes is 1. The summed E-state index contributed by atoms with van der Waals surface area (Å²) in [5, 5.41) is 0. The predicted octanol–water partition coefficient (Wildman–Crippen LogP) is 0.854.